The Bertz CT molecular complexity index is 347. The number of ether oxygens (including phenoxy) is 3. The maximum Gasteiger partial charge on any atom is 0.336 e. The third-order valence-electron chi connectivity index (χ3n) is 1.67. The quantitative estimate of drug-likeness (QED) is 0.247. The van der Waals surface area contributed by atoms with Crippen LogP contribution in [-0.2, 0) is 28.4 Å². The number of esters is 2. The van der Waals surface area contributed by atoms with E-state index in [2.05, 4.69) is 16.1 Å². The van der Waals surface area contributed by atoms with E-state index in [4.69, 9.17) is 14.5 Å². The van der Waals surface area contributed by atoms with Gasteiger partial charge in [0.25, 0.3) is 0 Å². The SMILES string of the molecule is C=CC(=O)OCCOCCCOC(=O)CP(=O)(O)O. The highest BCUT2D eigenvalue weighted by Crippen LogP contribution is 2.33. The maximum absolute atomic E-state index is 10.9. The van der Waals surface area contributed by atoms with Crippen molar-refractivity contribution in [2.45, 2.75) is 6.42 Å². The van der Waals surface area contributed by atoms with Crippen molar-refractivity contribution in [2.75, 3.05) is 32.6 Å². The second-order valence-corrected chi connectivity index (χ2v) is 5.03. The van der Waals surface area contributed by atoms with E-state index in [1.807, 2.05) is 0 Å². The third kappa shape index (κ3) is 13.0. The Hall–Kier alpha value is -1.21. The topological polar surface area (TPSA) is 119 Å². The van der Waals surface area contributed by atoms with E-state index in [1.165, 1.54) is 0 Å². The highest BCUT2D eigenvalue weighted by molar-refractivity contribution is 7.52. The number of rotatable bonds is 10. The van der Waals surface area contributed by atoms with Gasteiger partial charge < -0.3 is 24.0 Å². The van der Waals surface area contributed by atoms with Gasteiger partial charge >= 0.3 is 19.5 Å². The summed E-state index contributed by atoms with van der Waals surface area (Å²) >= 11 is 0. The van der Waals surface area contributed by atoms with E-state index >= 15 is 0 Å². The third-order valence-corrected chi connectivity index (χ3v) is 2.34. The van der Waals surface area contributed by atoms with E-state index in [0.29, 0.717) is 6.42 Å². The van der Waals surface area contributed by atoms with Crippen molar-refractivity contribution in [1.82, 2.24) is 0 Å². The van der Waals surface area contributed by atoms with Gasteiger partial charge in [-0.15, -0.1) is 0 Å². The molecule has 0 atom stereocenters. The lowest BCUT2D eigenvalue weighted by molar-refractivity contribution is -0.142. The Morgan fingerprint density at radius 3 is 2.37 bits per heavy atom. The molecule has 0 aliphatic heterocycles. The molecular formula is C10H17O8P. The van der Waals surface area contributed by atoms with Crippen LogP contribution in [0.1, 0.15) is 6.42 Å². The molecule has 0 fully saturated rings. The van der Waals surface area contributed by atoms with Crippen LogP contribution in [0, 0.1) is 0 Å². The van der Waals surface area contributed by atoms with Gasteiger partial charge in [0.2, 0.25) is 0 Å². The smallest absolute Gasteiger partial charge is 0.336 e. The molecule has 0 aromatic rings. The van der Waals surface area contributed by atoms with Gasteiger partial charge in [-0.2, -0.15) is 0 Å². The van der Waals surface area contributed by atoms with Crippen LogP contribution in [0.15, 0.2) is 12.7 Å². The van der Waals surface area contributed by atoms with Crippen molar-refractivity contribution in [3.8, 4) is 0 Å². The van der Waals surface area contributed by atoms with E-state index in [9.17, 15) is 14.2 Å². The summed E-state index contributed by atoms with van der Waals surface area (Å²) in [5.41, 5.74) is 0. The van der Waals surface area contributed by atoms with Crippen molar-refractivity contribution in [3.63, 3.8) is 0 Å². The minimum atomic E-state index is -4.37. The Balaban J connectivity index is 3.36. The van der Waals surface area contributed by atoms with Crippen LogP contribution in [0.2, 0.25) is 0 Å². The van der Waals surface area contributed by atoms with Crippen molar-refractivity contribution in [2.24, 2.45) is 0 Å². The number of carbonyl (C=O) groups excluding carboxylic acids is 2. The zero-order valence-electron chi connectivity index (χ0n) is 10.3. The molecule has 0 aliphatic rings. The molecular weight excluding hydrogens is 279 g/mol. The number of carbonyl (C=O) groups is 2. The number of hydrogen-bond donors (Lipinski definition) is 2. The highest BCUT2D eigenvalue weighted by Gasteiger charge is 2.19. The first kappa shape index (κ1) is 17.8. The van der Waals surface area contributed by atoms with Gasteiger partial charge in [0, 0.05) is 19.1 Å². The van der Waals surface area contributed by atoms with Gasteiger partial charge in [0.15, 0.2) is 0 Å². The average Bonchev–Trinajstić information content (AvgIpc) is 2.29. The summed E-state index contributed by atoms with van der Waals surface area (Å²) in [6.07, 6.45) is 0.494. The number of hydrogen-bond acceptors (Lipinski definition) is 6. The summed E-state index contributed by atoms with van der Waals surface area (Å²) in [6.45, 7) is 3.80. The Morgan fingerprint density at radius 2 is 1.79 bits per heavy atom. The molecule has 0 aliphatic carbocycles. The lowest BCUT2D eigenvalue weighted by atomic mass is 10.5. The first-order chi connectivity index (χ1) is 8.85. The van der Waals surface area contributed by atoms with Gasteiger partial charge in [0.05, 0.1) is 13.2 Å². The van der Waals surface area contributed by atoms with Crippen molar-refractivity contribution in [1.29, 1.82) is 0 Å². The lowest BCUT2D eigenvalue weighted by Crippen LogP contribution is -2.13. The van der Waals surface area contributed by atoms with E-state index in [1.54, 1.807) is 0 Å². The highest BCUT2D eigenvalue weighted by atomic mass is 31.2. The summed E-state index contributed by atoms with van der Waals surface area (Å²) in [5, 5.41) is 0. The standard InChI is InChI=1S/C10H17O8P/c1-2-9(11)18-7-6-16-4-3-5-17-10(12)8-19(13,14)15/h2H,1,3-8H2,(H2,13,14,15). The van der Waals surface area contributed by atoms with Crippen LogP contribution < -0.4 is 0 Å². The first-order valence-electron chi connectivity index (χ1n) is 5.42. The van der Waals surface area contributed by atoms with Gasteiger partial charge in [-0.25, -0.2) is 4.79 Å². The normalized spacial score (nSPS) is 10.8. The lowest BCUT2D eigenvalue weighted by Gasteiger charge is -2.06. The van der Waals surface area contributed by atoms with Gasteiger partial charge in [-0.05, 0) is 0 Å². The van der Waals surface area contributed by atoms with Crippen molar-refractivity contribution < 1.29 is 38.2 Å². The molecule has 8 nitrogen and oxygen atoms in total. The Kier molecular flexibility index (Phi) is 9.07. The van der Waals surface area contributed by atoms with E-state index < -0.39 is 25.7 Å². The molecule has 0 aromatic carbocycles. The van der Waals surface area contributed by atoms with Crippen LogP contribution in [0.25, 0.3) is 0 Å². The van der Waals surface area contributed by atoms with E-state index in [-0.39, 0.29) is 26.4 Å². The minimum Gasteiger partial charge on any atom is -0.465 e. The summed E-state index contributed by atoms with van der Waals surface area (Å²) in [6, 6.07) is 0. The largest absolute Gasteiger partial charge is 0.465 e. The molecule has 0 radical (unpaired) electrons. The fourth-order valence-electron chi connectivity index (χ4n) is 0.923. The molecule has 19 heavy (non-hydrogen) atoms. The van der Waals surface area contributed by atoms with Crippen LogP contribution in [0.4, 0.5) is 0 Å². The molecule has 2 N–H and O–H groups in total. The van der Waals surface area contributed by atoms with E-state index in [0.717, 1.165) is 6.08 Å². The van der Waals surface area contributed by atoms with Gasteiger partial charge in [-0.1, -0.05) is 6.58 Å². The summed E-state index contributed by atoms with van der Waals surface area (Å²) in [5.74, 6) is -1.48. The van der Waals surface area contributed by atoms with Gasteiger partial charge in [-0.3, -0.25) is 9.36 Å². The first-order valence-corrected chi connectivity index (χ1v) is 7.22. The minimum absolute atomic E-state index is 0.00524. The summed E-state index contributed by atoms with van der Waals surface area (Å²) in [7, 11) is -4.37. The monoisotopic (exact) mass is 296 g/mol. The molecule has 0 amide bonds. The van der Waals surface area contributed by atoms with Crippen molar-refractivity contribution >= 4 is 19.5 Å². The summed E-state index contributed by atoms with van der Waals surface area (Å²) < 4.78 is 24.7. The molecule has 0 unspecified atom stereocenters. The van der Waals surface area contributed by atoms with Crippen LogP contribution in [-0.4, -0.2) is 54.3 Å². The second kappa shape index (κ2) is 9.69. The van der Waals surface area contributed by atoms with Crippen LogP contribution >= 0.6 is 7.60 Å². The van der Waals surface area contributed by atoms with Crippen LogP contribution in [0.3, 0.4) is 0 Å². The fraction of sp³-hybridized carbons (Fsp3) is 0.600. The average molecular weight is 296 g/mol. The Morgan fingerprint density at radius 1 is 1.11 bits per heavy atom. The molecule has 0 saturated heterocycles. The zero-order chi connectivity index (χ0) is 14.7. The molecule has 0 spiro atoms. The molecule has 0 aromatic heterocycles. The van der Waals surface area contributed by atoms with Crippen LogP contribution in [0.5, 0.6) is 0 Å². The molecule has 0 heterocycles. The fourth-order valence-corrected chi connectivity index (χ4v) is 1.35. The predicted octanol–water partition coefficient (Wildman–Crippen LogP) is -0.157. The second-order valence-electron chi connectivity index (χ2n) is 3.38. The zero-order valence-corrected chi connectivity index (χ0v) is 11.2. The molecule has 110 valence electrons. The maximum atomic E-state index is 10.9. The van der Waals surface area contributed by atoms with Gasteiger partial charge in [0.1, 0.15) is 12.8 Å². The molecule has 9 heteroatoms. The summed E-state index contributed by atoms with van der Waals surface area (Å²) in [4.78, 5) is 38.5. The molecule has 0 saturated carbocycles. The Labute approximate surface area is 110 Å². The molecule has 0 bridgehead atoms. The molecule has 0 rings (SSSR count). The predicted molar refractivity (Wildman–Crippen MR) is 64.5 cm³/mol. The van der Waals surface area contributed by atoms with Crippen molar-refractivity contribution in [3.05, 3.63) is 12.7 Å².